The highest BCUT2D eigenvalue weighted by atomic mass is 19.2. The fourth-order valence-corrected chi connectivity index (χ4v) is 1.48. The average molecular weight is 248 g/mol. The Balaban J connectivity index is 2.28. The number of nitrogen functional groups attached to an aromatic ring is 1. The molecule has 0 bridgehead atoms. The topological polar surface area (TPSA) is 55.1 Å². The van der Waals surface area contributed by atoms with Gasteiger partial charge in [0.2, 0.25) is 0 Å². The summed E-state index contributed by atoms with van der Waals surface area (Å²) in [6.45, 7) is 0. The van der Waals surface area contributed by atoms with Crippen molar-refractivity contribution in [1.29, 1.82) is 0 Å². The van der Waals surface area contributed by atoms with Gasteiger partial charge in [-0.3, -0.25) is 4.79 Å². The van der Waals surface area contributed by atoms with Crippen LogP contribution in [0, 0.1) is 11.6 Å². The van der Waals surface area contributed by atoms with E-state index in [0.29, 0.717) is 11.4 Å². The fraction of sp³-hybridized carbons (Fsp3) is 0. The van der Waals surface area contributed by atoms with Gasteiger partial charge in [0, 0.05) is 0 Å². The molecular weight excluding hydrogens is 238 g/mol. The highest BCUT2D eigenvalue weighted by molar-refractivity contribution is 6.05. The average Bonchev–Trinajstić information content (AvgIpc) is 2.35. The standard InChI is InChI=1S/C13H10F2N2O/c14-9-5-3-4-8(12(9)15)13(18)17-11-7-2-1-6-10(11)16/h1-7H,16H2,(H,17,18). The quantitative estimate of drug-likeness (QED) is 0.803. The van der Waals surface area contributed by atoms with Crippen LogP contribution in [0.1, 0.15) is 10.4 Å². The summed E-state index contributed by atoms with van der Waals surface area (Å²) in [4.78, 5) is 11.8. The first-order chi connectivity index (χ1) is 8.59. The molecule has 0 heterocycles. The minimum atomic E-state index is -1.18. The van der Waals surface area contributed by atoms with Gasteiger partial charge in [-0.15, -0.1) is 0 Å². The van der Waals surface area contributed by atoms with E-state index < -0.39 is 17.5 Å². The largest absolute Gasteiger partial charge is 0.397 e. The molecule has 0 aliphatic heterocycles. The predicted octanol–water partition coefficient (Wildman–Crippen LogP) is 2.80. The molecule has 0 atom stereocenters. The van der Waals surface area contributed by atoms with Crippen LogP contribution in [-0.2, 0) is 0 Å². The minimum Gasteiger partial charge on any atom is -0.397 e. The SMILES string of the molecule is Nc1ccccc1NC(=O)c1cccc(F)c1F. The summed E-state index contributed by atoms with van der Waals surface area (Å²) in [7, 11) is 0. The normalized spacial score (nSPS) is 10.1. The molecule has 0 fully saturated rings. The maximum absolute atomic E-state index is 13.4. The molecule has 18 heavy (non-hydrogen) atoms. The maximum atomic E-state index is 13.4. The third-order valence-corrected chi connectivity index (χ3v) is 2.41. The summed E-state index contributed by atoms with van der Waals surface area (Å²) in [5, 5.41) is 2.42. The summed E-state index contributed by atoms with van der Waals surface area (Å²) < 4.78 is 26.4. The van der Waals surface area contributed by atoms with Gasteiger partial charge in [-0.1, -0.05) is 18.2 Å². The molecule has 2 rings (SSSR count). The van der Waals surface area contributed by atoms with Crippen molar-refractivity contribution in [3.63, 3.8) is 0 Å². The monoisotopic (exact) mass is 248 g/mol. The van der Waals surface area contributed by atoms with Crippen LogP contribution in [0.2, 0.25) is 0 Å². The van der Waals surface area contributed by atoms with Crippen LogP contribution in [0.15, 0.2) is 42.5 Å². The van der Waals surface area contributed by atoms with Crippen molar-refractivity contribution in [2.75, 3.05) is 11.1 Å². The van der Waals surface area contributed by atoms with E-state index in [1.54, 1.807) is 24.3 Å². The number of halogens is 2. The lowest BCUT2D eigenvalue weighted by Crippen LogP contribution is -2.15. The van der Waals surface area contributed by atoms with E-state index in [1.807, 2.05) is 0 Å². The third kappa shape index (κ3) is 2.29. The van der Waals surface area contributed by atoms with E-state index in [4.69, 9.17) is 5.73 Å². The van der Waals surface area contributed by atoms with Crippen molar-refractivity contribution >= 4 is 17.3 Å². The van der Waals surface area contributed by atoms with Gasteiger partial charge in [0.05, 0.1) is 16.9 Å². The van der Waals surface area contributed by atoms with Gasteiger partial charge in [-0.2, -0.15) is 0 Å². The summed E-state index contributed by atoms with van der Waals surface area (Å²) in [6, 6.07) is 9.96. The summed E-state index contributed by atoms with van der Waals surface area (Å²) in [5.74, 6) is -2.99. The number of rotatable bonds is 2. The van der Waals surface area contributed by atoms with E-state index >= 15 is 0 Å². The Morgan fingerprint density at radius 1 is 1.06 bits per heavy atom. The molecule has 0 unspecified atom stereocenters. The lowest BCUT2D eigenvalue weighted by atomic mass is 10.2. The van der Waals surface area contributed by atoms with Crippen molar-refractivity contribution in [2.45, 2.75) is 0 Å². The van der Waals surface area contributed by atoms with Crippen LogP contribution in [0.25, 0.3) is 0 Å². The first-order valence-corrected chi connectivity index (χ1v) is 5.19. The van der Waals surface area contributed by atoms with Gasteiger partial charge in [0.1, 0.15) is 0 Å². The molecule has 0 saturated carbocycles. The van der Waals surface area contributed by atoms with E-state index in [-0.39, 0.29) is 5.56 Å². The minimum absolute atomic E-state index is 0.350. The van der Waals surface area contributed by atoms with Crippen molar-refractivity contribution < 1.29 is 13.6 Å². The third-order valence-electron chi connectivity index (χ3n) is 2.41. The van der Waals surface area contributed by atoms with Crippen LogP contribution < -0.4 is 11.1 Å². The number of nitrogens with two attached hydrogens (primary N) is 1. The predicted molar refractivity (Wildman–Crippen MR) is 65.2 cm³/mol. The Morgan fingerprint density at radius 3 is 2.50 bits per heavy atom. The second-order valence-electron chi connectivity index (χ2n) is 3.64. The molecule has 2 aromatic rings. The molecule has 0 aliphatic carbocycles. The number of amides is 1. The molecule has 3 nitrogen and oxygen atoms in total. The van der Waals surface area contributed by atoms with Gasteiger partial charge < -0.3 is 11.1 Å². The lowest BCUT2D eigenvalue weighted by Gasteiger charge is -2.08. The van der Waals surface area contributed by atoms with Crippen LogP contribution in [0.3, 0.4) is 0 Å². The van der Waals surface area contributed by atoms with Crippen molar-refractivity contribution in [1.82, 2.24) is 0 Å². The Kier molecular flexibility index (Phi) is 3.23. The maximum Gasteiger partial charge on any atom is 0.258 e. The number of carbonyl (C=O) groups excluding carboxylic acids is 1. The van der Waals surface area contributed by atoms with Gasteiger partial charge in [0.25, 0.3) is 5.91 Å². The summed E-state index contributed by atoms with van der Waals surface area (Å²) >= 11 is 0. The zero-order chi connectivity index (χ0) is 13.1. The molecule has 92 valence electrons. The number of carbonyl (C=O) groups is 1. The Hall–Kier alpha value is -2.43. The molecule has 1 amide bonds. The summed E-state index contributed by atoms with van der Waals surface area (Å²) in [6.07, 6.45) is 0. The molecule has 0 saturated heterocycles. The lowest BCUT2D eigenvalue weighted by molar-refractivity contribution is 0.102. The second kappa shape index (κ2) is 4.83. The molecule has 3 N–H and O–H groups in total. The Morgan fingerprint density at radius 2 is 1.78 bits per heavy atom. The Bertz CT molecular complexity index is 599. The van der Waals surface area contributed by atoms with E-state index in [2.05, 4.69) is 5.32 Å². The van der Waals surface area contributed by atoms with Crippen molar-refractivity contribution in [2.24, 2.45) is 0 Å². The van der Waals surface area contributed by atoms with Crippen LogP contribution >= 0.6 is 0 Å². The fourth-order valence-electron chi connectivity index (χ4n) is 1.48. The molecule has 0 radical (unpaired) electrons. The number of para-hydroxylation sites is 2. The van der Waals surface area contributed by atoms with Crippen LogP contribution in [0.4, 0.5) is 20.2 Å². The van der Waals surface area contributed by atoms with E-state index in [9.17, 15) is 13.6 Å². The van der Waals surface area contributed by atoms with Gasteiger partial charge in [-0.25, -0.2) is 8.78 Å². The van der Waals surface area contributed by atoms with Gasteiger partial charge in [0.15, 0.2) is 11.6 Å². The number of benzene rings is 2. The number of nitrogens with one attached hydrogen (secondary N) is 1. The molecule has 2 aromatic carbocycles. The zero-order valence-electron chi connectivity index (χ0n) is 9.28. The first kappa shape index (κ1) is 12.0. The number of hydrogen-bond donors (Lipinski definition) is 2. The highest BCUT2D eigenvalue weighted by Gasteiger charge is 2.15. The smallest absolute Gasteiger partial charge is 0.258 e. The van der Waals surface area contributed by atoms with E-state index in [0.717, 1.165) is 6.07 Å². The van der Waals surface area contributed by atoms with Crippen molar-refractivity contribution in [3.05, 3.63) is 59.7 Å². The summed E-state index contributed by atoms with van der Waals surface area (Å²) in [5.41, 5.74) is 5.97. The second-order valence-corrected chi connectivity index (χ2v) is 3.64. The van der Waals surface area contributed by atoms with Crippen LogP contribution in [0.5, 0.6) is 0 Å². The van der Waals surface area contributed by atoms with E-state index in [1.165, 1.54) is 12.1 Å². The Labute approximate surface area is 102 Å². The molecule has 0 aromatic heterocycles. The molecule has 0 spiro atoms. The molecule has 0 aliphatic rings. The first-order valence-electron chi connectivity index (χ1n) is 5.19. The van der Waals surface area contributed by atoms with Gasteiger partial charge >= 0.3 is 0 Å². The van der Waals surface area contributed by atoms with Gasteiger partial charge in [-0.05, 0) is 24.3 Å². The number of anilines is 2. The highest BCUT2D eigenvalue weighted by Crippen LogP contribution is 2.19. The zero-order valence-corrected chi connectivity index (χ0v) is 9.28. The number of hydrogen-bond acceptors (Lipinski definition) is 2. The molecule has 5 heteroatoms. The van der Waals surface area contributed by atoms with Crippen molar-refractivity contribution in [3.8, 4) is 0 Å². The van der Waals surface area contributed by atoms with Crippen LogP contribution in [-0.4, -0.2) is 5.91 Å². The molecular formula is C13H10F2N2O.